The summed E-state index contributed by atoms with van der Waals surface area (Å²) >= 11 is 0. The zero-order chi connectivity index (χ0) is 22.5. The standard InChI is InChI=1S/C16H17NO2.C8H8FNO2/c1-12(11-13-7-9-15(18)10-8-13)17-16(19)14-5-3-2-4-6-14;9-5-12-8-4-2-1-3-7(8)10-6-11/h2-10,12,18H,11H2,1H3,(H,17,19);1-4,6H,5H2,(H,10,11). The van der Waals surface area contributed by atoms with Crippen LogP contribution < -0.4 is 15.4 Å². The number of alkyl halides is 1. The minimum Gasteiger partial charge on any atom is -0.508 e. The Labute approximate surface area is 180 Å². The van der Waals surface area contributed by atoms with E-state index in [0.717, 1.165) is 12.0 Å². The highest BCUT2D eigenvalue weighted by Crippen LogP contribution is 2.22. The fourth-order valence-electron chi connectivity index (χ4n) is 2.77. The number of phenolic OH excluding ortho intramolecular Hbond substituents is 1. The molecule has 0 bridgehead atoms. The lowest BCUT2D eigenvalue weighted by Gasteiger charge is -2.14. The first-order valence-electron chi connectivity index (χ1n) is 9.65. The van der Waals surface area contributed by atoms with Crippen LogP contribution >= 0.6 is 0 Å². The molecule has 0 radical (unpaired) electrons. The number of amides is 2. The molecule has 0 saturated heterocycles. The highest BCUT2D eigenvalue weighted by molar-refractivity contribution is 5.94. The van der Waals surface area contributed by atoms with Crippen molar-refractivity contribution in [1.29, 1.82) is 0 Å². The van der Waals surface area contributed by atoms with E-state index in [4.69, 9.17) is 0 Å². The molecular weight excluding hydrogens is 399 g/mol. The van der Waals surface area contributed by atoms with E-state index in [-0.39, 0.29) is 17.7 Å². The number of ether oxygens (including phenoxy) is 1. The van der Waals surface area contributed by atoms with Gasteiger partial charge in [0.05, 0.1) is 5.69 Å². The molecule has 7 heteroatoms. The van der Waals surface area contributed by atoms with Crippen LogP contribution in [0.25, 0.3) is 0 Å². The minimum atomic E-state index is -0.905. The van der Waals surface area contributed by atoms with E-state index in [9.17, 15) is 19.1 Å². The molecule has 3 rings (SSSR count). The molecule has 1 unspecified atom stereocenters. The van der Waals surface area contributed by atoms with E-state index in [0.29, 0.717) is 23.4 Å². The molecule has 31 heavy (non-hydrogen) atoms. The number of rotatable bonds is 8. The van der Waals surface area contributed by atoms with Crippen LogP contribution in [0, 0.1) is 0 Å². The third-order valence-corrected chi connectivity index (χ3v) is 4.20. The smallest absolute Gasteiger partial charge is 0.251 e. The van der Waals surface area contributed by atoms with Crippen molar-refractivity contribution >= 4 is 18.0 Å². The summed E-state index contributed by atoms with van der Waals surface area (Å²) in [5, 5.41) is 14.6. The Bertz CT molecular complexity index is 949. The van der Waals surface area contributed by atoms with Crippen molar-refractivity contribution < 1.29 is 23.8 Å². The van der Waals surface area contributed by atoms with Gasteiger partial charge in [0.1, 0.15) is 11.5 Å². The van der Waals surface area contributed by atoms with Crippen LogP contribution in [0.2, 0.25) is 0 Å². The number of phenols is 1. The minimum absolute atomic E-state index is 0.0391. The second kappa shape index (κ2) is 12.6. The van der Waals surface area contributed by atoms with Crippen LogP contribution in [0.3, 0.4) is 0 Å². The second-order valence-corrected chi connectivity index (χ2v) is 6.62. The molecule has 0 spiro atoms. The SMILES string of the molecule is CC(Cc1ccc(O)cc1)NC(=O)c1ccccc1.O=CNc1ccccc1OCF. The number of benzene rings is 3. The average molecular weight is 424 g/mol. The van der Waals surface area contributed by atoms with Crippen molar-refractivity contribution in [3.05, 3.63) is 90.0 Å². The number of hydrogen-bond acceptors (Lipinski definition) is 4. The van der Waals surface area contributed by atoms with Gasteiger partial charge >= 0.3 is 0 Å². The maximum atomic E-state index is 11.9. The molecule has 0 aliphatic heterocycles. The van der Waals surface area contributed by atoms with E-state index < -0.39 is 6.86 Å². The van der Waals surface area contributed by atoms with Crippen molar-refractivity contribution in [2.24, 2.45) is 0 Å². The van der Waals surface area contributed by atoms with Gasteiger partial charge in [-0.2, -0.15) is 0 Å². The summed E-state index contributed by atoms with van der Waals surface area (Å²) in [6, 6.07) is 22.9. The molecule has 3 aromatic carbocycles. The van der Waals surface area contributed by atoms with Crippen molar-refractivity contribution in [1.82, 2.24) is 5.32 Å². The highest BCUT2D eigenvalue weighted by atomic mass is 19.1. The van der Waals surface area contributed by atoms with Gasteiger partial charge in [0.25, 0.3) is 5.91 Å². The molecular formula is C24H25FN2O4. The Balaban J connectivity index is 0.000000245. The first kappa shape index (κ1) is 23.4. The second-order valence-electron chi connectivity index (χ2n) is 6.62. The lowest BCUT2D eigenvalue weighted by atomic mass is 10.1. The molecule has 0 heterocycles. The molecule has 0 aliphatic rings. The summed E-state index contributed by atoms with van der Waals surface area (Å²) in [5.74, 6) is 0.517. The van der Waals surface area contributed by atoms with Gasteiger partial charge < -0.3 is 20.5 Å². The van der Waals surface area contributed by atoms with Gasteiger partial charge in [0.15, 0.2) is 0 Å². The van der Waals surface area contributed by atoms with E-state index in [2.05, 4.69) is 15.4 Å². The zero-order valence-corrected chi connectivity index (χ0v) is 17.1. The molecule has 3 N–H and O–H groups in total. The summed E-state index contributed by atoms with van der Waals surface area (Å²) in [7, 11) is 0. The summed E-state index contributed by atoms with van der Waals surface area (Å²) in [6.45, 7) is 1.06. The Morgan fingerprint density at radius 2 is 1.68 bits per heavy atom. The Kier molecular flexibility index (Phi) is 9.55. The Morgan fingerprint density at radius 1 is 1.03 bits per heavy atom. The fourth-order valence-corrected chi connectivity index (χ4v) is 2.77. The molecule has 0 fully saturated rings. The summed E-state index contributed by atoms with van der Waals surface area (Å²) in [6.07, 6.45) is 1.25. The lowest BCUT2D eigenvalue weighted by Crippen LogP contribution is -2.34. The normalized spacial score (nSPS) is 10.8. The lowest BCUT2D eigenvalue weighted by molar-refractivity contribution is -0.105. The predicted molar refractivity (Wildman–Crippen MR) is 118 cm³/mol. The number of halogens is 1. The first-order valence-corrected chi connectivity index (χ1v) is 9.65. The maximum Gasteiger partial charge on any atom is 0.251 e. The van der Waals surface area contributed by atoms with Crippen LogP contribution in [0.5, 0.6) is 11.5 Å². The average Bonchev–Trinajstić information content (AvgIpc) is 2.78. The fraction of sp³-hybridized carbons (Fsp3) is 0.167. The monoisotopic (exact) mass is 424 g/mol. The van der Waals surface area contributed by atoms with E-state index >= 15 is 0 Å². The van der Waals surface area contributed by atoms with Crippen LogP contribution in [-0.4, -0.2) is 30.3 Å². The predicted octanol–water partition coefficient (Wildman–Crippen LogP) is 4.31. The van der Waals surface area contributed by atoms with Gasteiger partial charge in [-0.3, -0.25) is 9.59 Å². The highest BCUT2D eigenvalue weighted by Gasteiger charge is 2.09. The quantitative estimate of drug-likeness (QED) is 0.470. The van der Waals surface area contributed by atoms with Gasteiger partial charge in [-0.25, -0.2) is 4.39 Å². The van der Waals surface area contributed by atoms with Crippen molar-refractivity contribution in [2.75, 3.05) is 12.2 Å². The number of hydrogen-bond donors (Lipinski definition) is 3. The molecule has 2 amide bonds. The van der Waals surface area contributed by atoms with Crippen molar-refractivity contribution in [2.45, 2.75) is 19.4 Å². The molecule has 162 valence electrons. The number of anilines is 1. The molecule has 0 saturated carbocycles. The van der Waals surface area contributed by atoms with Crippen LogP contribution in [0.15, 0.2) is 78.9 Å². The zero-order valence-electron chi connectivity index (χ0n) is 17.1. The molecule has 1 atom stereocenters. The first-order chi connectivity index (χ1) is 15.0. The molecule has 6 nitrogen and oxygen atoms in total. The summed E-state index contributed by atoms with van der Waals surface area (Å²) in [5.41, 5.74) is 2.21. The molecule has 0 aromatic heterocycles. The molecule has 0 aliphatic carbocycles. The number of para-hydroxylation sites is 2. The van der Waals surface area contributed by atoms with Gasteiger partial charge in [0, 0.05) is 11.6 Å². The van der Waals surface area contributed by atoms with E-state index in [1.54, 1.807) is 48.5 Å². The molecule has 3 aromatic rings. The third-order valence-electron chi connectivity index (χ3n) is 4.20. The summed E-state index contributed by atoms with van der Waals surface area (Å²) in [4.78, 5) is 22.0. The third kappa shape index (κ3) is 8.18. The number of nitrogens with one attached hydrogen (secondary N) is 2. The van der Waals surface area contributed by atoms with Crippen LogP contribution in [0.1, 0.15) is 22.8 Å². The number of carbonyl (C=O) groups excluding carboxylic acids is 2. The van der Waals surface area contributed by atoms with E-state index in [1.807, 2.05) is 37.3 Å². The van der Waals surface area contributed by atoms with Gasteiger partial charge in [-0.1, -0.05) is 42.5 Å². The summed E-state index contributed by atoms with van der Waals surface area (Å²) < 4.78 is 16.4. The van der Waals surface area contributed by atoms with E-state index in [1.165, 1.54) is 0 Å². The van der Waals surface area contributed by atoms with Crippen LogP contribution in [0.4, 0.5) is 10.1 Å². The Morgan fingerprint density at radius 3 is 2.32 bits per heavy atom. The van der Waals surface area contributed by atoms with Crippen molar-refractivity contribution in [3.63, 3.8) is 0 Å². The largest absolute Gasteiger partial charge is 0.508 e. The number of carbonyl (C=O) groups is 2. The maximum absolute atomic E-state index is 11.9. The van der Waals surface area contributed by atoms with Crippen LogP contribution in [-0.2, 0) is 11.2 Å². The number of aromatic hydroxyl groups is 1. The van der Waals surface area contributed by atoms with Gasteiger partial charge in [0.2, 0.25) is 13.3 Å². The van der Waals surface area contributed by atoms with Crippen molar-refractivity contribution in [3.8, 4) is 11.5 Å². The Hall–Kier alpha value is -3.87. The van der Waals surface area contributed by atoms with Gasteiger partial charge in [-0.05, 0) is 55.3 Å². The van der Waals surface area contributed by atoms with Gasteiger partial charge in [-0.15, -0.1) is 0 Å². The topological polar surface area (TPSA) is 87.7 Å².